The molecule has 0 saturated carbocycles. The molecule has 0 fully saturated rings. The van der Waals surface area contributed by atoms with Gasteiger partial charge < -0.3 is 9.36 Å². The van der Waals surface area contributed by atoms with E-state index in [-0.39, 0.29) is 20.4 Å². The zero-order chi connectivity index (χ0) is 19.0. The van der Waals surface area contributed by atoms with Gasteiger partial charge in [-0.3, -0.25) is 18.7 Å². The van der Waals surface area contributed by atoms with Crippen LogP contribution in [0, 0.1) is 24.3 Å². The molecule has 4 rings (SSSR count). The van der Waals surface area contributed by atoms with E-state index < -0.39 is 17.3 Å². The van der Waals surface area contributed by atoms with E-state index in [4.69, 9.17) is 0 Å². The van der Waals surface area contributed by atoms with Crippen LogP contribution in [0.4, 0.5) is 8.78 Å². The Kier molecular flexibility index (Phi) is 5.50. The molecule has 0 unspecified atom stereocenters. The van der Waals surface area contributed by atoms with Gasteiger partial charge >= 0.3 is 20.4 Å². The molecule has 0 aliphatic carbocycles. The summed E-state index contributed by atoms with van der Waals surface area (Å²) in [7, 11) is 0. The first-order chi connectivity index (χ1) is 12.9. The van der Waals surface area contributed by atoms with Gasteiger partial charge in [0, 0.05) is 16.8 Å². The van der Waals surface area contributed by atoms with Crippen LogP contribution < -0.4 is 0 Å². The maximum Gasteiger partial charge on any atom is 2.00 e. The first-order valence-electron chi connectivity index (χ1n) is 8.16. The molecule has 0 N–H and O–H groups in total. The molecule has 6 nitrogen and oxygen atoms in total. The van der Waals surface area contributed by atoms with Crippen LogP contribution in [0.15, 0.2) is 48.5 Å². The number of aromatic nitrogens is 6. The van der Waals surface area contributed by atoms with Crippen LogP contribution >= 0.6 is 0 Å². The monoisotopic (exact) mass is 470 g/mol. The second-order valence-corrected chi connectivity index (χ2v) is 6.40. The summed E-state index contributed by atoms with van der Waals surface area (Å²) in [6.45, 7) is 3.93. The second kappa shape index (κ2) is 7.70. The van der Waals surface area contributed by atoms with E-state index in [1.165, 1.54) is 9.36 Å². The van der Waals surface area contributed by atoms with Gasteiger partial charge in [-0.2, -0.15) is 0 Å². The molecule has 0 atom stereocenters. The number of nitrogens with zero attached hydrogens (tertiary/aromatic N) is 6. The normalized spacial score (nSPS) is 11.3. The first-order valence-corrected chi connectivity index (χ1v) is 8.16. The molecule has 0 amide bonds. The van der Waals surface area contributed by atoms with Crippen molar-refractivity contribution < 1.29 is 29.2 Å². The molecule has 0 spiro atoms. The Morgan fingerprint density at radius 3 is 1.57 bits per heavy atom. The van der Waals surface area contributed by atoms with E-state index in [9.17, 15) is 8.78 Å². The number of hydrogen-bond acceptors (Lipinski definition) is 4. The molecule has 0 aliphatic rings. The second-order valence-electron chi connectivity index (χ2n) is 6.40. The minimum absolute atomic E-state index is 0. The Morgan fingerprint density at radius 2 is 1.21 bits per heavy atom. The van der Waals surface area contributed by atoms with E-state index in [0.717, 1.165) is 12.1 Å². The molecular formula is C19H14F2N6Pd. The first kappa shape index (κ1) is 20.0. The smallest absolute Gasteiger partial charge is 0.341 e. The molecule has 0 aromatic carbocycles. The third-order valence-corrected chi connectivity index (χ3v) is 4.19. The maximum atomic E-state index is 13.2. The van der Waals surface area contributed by atoms with E-state index in [2.05, 4.69) is 32.6 Å². The van der Waals surface area contributed by atoms with Gasteiger partial charge in [-0.15, -0.1) is 12.1 Å². The van der Waals surface area contributed by atoms with Gasteiger partial charge in [0.15, 0.2) is 0 Å². The van der Waals surface area contributed by atoms with Crippen LogP contribution in [0.5, 0.6) is 0 Å². The van der Waals surface area contributed by atoms with Gasteiger partial charge in [0.25, 0.3) is 0 Å². The van der Waals surface area contributed by atoms with Crippen LogP contribution in [-0.4, -0.2) is 29.5 Å². The van der Waals surface area contributed by atoms with Gasteiger partial charge in [0.2, 0.25) is 0 Å². The molecule has 28 heavy (non-hydrogen) atoms. The fraction of sp³-hybridized carbons (Fsp3) is 0.158. The Bertz CT molecular complexity index is 1020. The molecule has 4 aromatic heterocycles. The molecular weight excluding hydrogens is 457 g/mol. The summed E-state index contributed by atoms with van der Waals surface area (Å²) >= 11 is 0. The van der Waals surface area contributed by atoms with Crippen molar-refractivity contribution in [1.82, 2.24) is 29.5 Å². The van der Waals surface area contributed by atoms with E-state index >= 15 is 0 Å². The van der Waals surface area contributed by atoms with Crippen molar-refractivity contribution >= 4 is 0 Å². The number of halogens is 2. The summed E-state index contributed by atoms with van der Waals surface area (Å²) in [5.74, 6) is -0.358. The quantitative estimate of drug-likeness (QED) is 0.340. The zero-order valence-corrected chi connectivity index (χ0v) is 16.4. The summed E-state index contributed by atoms with van der Waals surface area (Å²) < 4.78 is 28.9. The molecule has 4 heterocycles. The third-order valence-electron chi connectivity index (χ3n) is 4.19. The molecule has 4 aromatic rings. The Labute approximate surface area is 173 Å². The van der Waals surface area contributed by atoms with Gasteiger partial charge in [0.05, 0.1) is 11.6 Å². The molecule has 0 aliphatic heterocycles. The van der Waals surface area contributed by atoms with E-state index in [1.54, 1.807) is 12.1 Å². The summed E-state index contributed by atoms with van der Waals surface area (Å²) in [6.07, 6.45) is 5.35. The number of rotatable bonds is 4. The molecule has 9 heteroatoms. The van der Waals surface area contributed by atoms with E-state index in [1.807, 2.05) is 38.1 Å². The zero-order valence-electron chi connectivity index (χ0n) is 14.9. The molecule has 144 valence electrons. The van der Waals surface area contributed by atoms with Gasteiger partial charge in [-0.1, -0.05) is 36.7 Å². The Morgan fingerprint density at radius 1 is 0.786 bits per heavy atom. The van der Waals surface area contributed by atoms with Crippen molar-refractivity contribution in [3.05, 3.63) is 84.2 Å². The van der Waals surface area contributed by atoms with Crippen molar-refractivity contribution in [3.63, 3.8) is 0 Å². The van der Waals surface area contributed by atoms with Crippen LogP contribution in [0.2, 0.25) is 0 Å². The molecule has 0 saturated heterocycles. The maximum absolute atomic E-state index is 13.2. The van der Waals surface area contributed by atoms with Crippen LogP contribution in [0.25, 0.3) is 11.6 Å². The average Bonchev–Trinajstić information content (AvgIpc) is 3.30. The summed E-state index contributed by atoms with van der Waals surface area (Å²) in [6, 6.07) is 13.1. The van der Waals surface area contributed by atoms with Gasteiger partial charge in [-0.25, -0.2) is 10.2 Å². The number of pyridine rings is 2. The SMILES string of the molecule is CC(C)(c1cccc(-n2[c-]cc(F)n2)n1)c1cccc(-n2[c-]cc(F)n2)n1.[Pd+2]. The predicted octanol–water partition coefficient (Wildman–Crippen LogP) is 3.05. The van der Waals surface area contributed by atoms with Crippen molar-refractivity contribution in [2.75, 3.05) is 0 Å². The summed E-state index contributed by atoms with van der Waals surface area (Å²) in [5.41, 5.74) is 0.845. The number of hydrogen-bond donors (Lipinski definition) is 0. The van der Waals surface area contributed by atoms with Gasteiger partial charge in [-0.05, 0) is 26.0 Å². The fourth-order valence-corrected chi connectivity index (χ4v) is 2.68. The van der Waals surface area contributed by atoms with Crippen molar-refractivity contribution in [1.29, 1.82) is 0 Å². The van der Waals surface area contributed by atoms with E-state index in [0.29, 0.717) is 23.0 Å². The standard InChI is InChI=1S/C19H14F2N6.Pd/c1-19(2,13-5-3-7-17(22-13)26-11-9-15(20)24-26)14-6-4-8-18(23-14)27-12-10-16(21)25-27;/h3-10H,1-2H3;/q-2;+2. The van der Waals surface area contributed by atoms with Gasteiger partial charge in [0.1, 0.15) is 11.9 Å². The molecule has 0 radical (unpaired) electrons. The average molecular weight is 471 g/mol. The van der Waals surface area contributed by atoms with Crippen molar-refractivity contribution in [2.45, 2.75) is 19.3 Å². The Hall–Kier alpha value is -2.76. The van der Waals surface area contributed by atoms with Crippen molar-refractivity contribution in [3.8, 4) is 11.6 Å². The van der Waals surface area contributed by atoms with Crippen LogP contribution in [-0.2, 0) is 25.8 Å². The largest absolute Gasteiger partial charge is 2.00 e. The van der Waals surface area contributed by atoms with Crippen LogP contribution in [0.3, 0.4) is 0 Å². The summed E-state index contributed by atoms with van der Waals surface area (Å²) in [4.78, 5) is 9.17. The van der Waals surface area contributed by atoms with Crippen molar-refractivity contribution in [2.24, 2.45) is 0 Å². The Balaban J connectivity index is 0.00000225. The summed E-state index contributed by atoms with van der Waals surface area (Å²) in [5, 5.41) is 7.40. The minimum atomic E-state index is -0.626. The fourth-order valence-electron chi connectivity index (χ4n) is 2.68. The topological polar surface area (TPSA) is 61.4 Å². The third kappa shape index (κ3) is 3.77. The molecule has 0 bridgehead atoms. The van der Waals surface area contributed by atoms with Crippen LogP contribution in [0.1, 0.15) is 25.2 Å². The minimum Gasteiger partial charge on any atom is -0.341 e. The predicted molar refractivity (Wildman–Crippen MR) is 92.4 cm³/mol.